The van der Waals surface area contributed by atoms with Crippen molar-refractivity contribution in [3.63, 3.8) is 0 Å². The summed E-state index contributed by atoms with van der Waals surface area (Å²) in [6.45, 7) is 0. The Morgan fingerprint density at radius 1 is 0.958 bits per heavy atom. The molecule has 4 atom stereocenters. The molecule has 5 rings (SSSR count). The van der Waals surface area contributed by atoms with Gasteiger partial charge in [-0.3, -0.25) is 14.5 Å². The molecule has 1 heterocycles. The molecule has 2 bridgehead atoms. The fraction of sp³-hybridized carbons (Fsp3) is 0.444. The van der Waals surface area contributed by atoms with Gasteiger partial charge in [-0.2, -0.15) is 13.2 Å². The largest absolute Gasteiger partial charge is 0.416 e. The second-order valence-corrected chi connectivity index (χ2v) is 6.76. The fourth-order valence-corrected chi connectivity index (χ4v) is 4.35. The van der Waals surface area contributed by atoms with E-state index in [1.807, 2.05) is 12.2 Å². The minimum Gasteiger partial charge on any atom is -0.274 e. The van der Waals surface area contributed by atoms with E-state index in [0.717, 1.165) is 36.3 Å². The number of allylic oxidation sites excluding steroid dienone is 2. The van der Waals surface area contributed by atoms with Crippen molar-refractivity contribution in [3.05, 3.63) is 42.0 Å². The highest BCUT2D eigenvalue weighted by Gasteiger charge is 2.55. The Morgan fingerprint density at radius 2 is 1.54 bits per heavy atom. The molecule has 1 aliphatic heterocycles. The molecule has 3 nitrogen and oxygen atoms in total. The van der Waals surface area contributed by atoms with Gasteiger partial charge in [0.15, 0.2) is 0 Å². The lowest BCUT2D eigenvalue weighted by Crippen LogP contribution is -2.32. The van der Waals surface area contributed by atoms with Crippen LogP contribution in [0.15, 0.2) is 36.4 Å². The van der Waals surface area contributed by atoms with Crippen LogP contribution in [-0.2, 0) is 15.8 Å². The van der Waals surface area contributed by atoms with Gasteiger partial charge in [0.05, 0.1) is 23.1 Å². The van der Waals surface area contributed by atoms with E-state index >= 15 is 0 Å². The third-order valence-corrected chi connectivity index (χ3v) is 5.43. The Hall–Kier alpha value is -2.11. The molecule has 2 fully saturated rings. The molecule has 126 valence electrons. The van der Waals surface area contributed by atoms with Gasteiger partial charge in [-0.05, 0) is 42.9 Å². The van der Waals surface area contributed by atoms with Crippen molar-refractivity contribution < 1.29 is 22.8 Å². The number of amides is 2. The van der Waals surface area contributed by atoms with Crippen molar-refractivity contribution in [1.82, 2.24) is 0 Å². The van der Waals surface area contributed by atoms with Gasteiger partial charge in [-0.25, -0.2) is 0 Å². The van der Waals surface area contributed by atoms with Gasteiger partial charge >= 0.3 is 6.18 Å². The Balaban J connectivity index is 1.74. The molecule has 1 aromatic rings. The predicted molar refractivity (Wildman–Crippen MR) is 80.9 cm³/mol. The monoisotopic (exact) mass is 335 g/mol. The first-order valence-corrected chi connectivity index (χ1v) is 8.11. The number of carbonyl (C=O) groups is 2. The highest BCUT2D eigenvalue weighted by Crippen LogP contribution is 2.49. The summed E-state index contributed by atoms with van der Waals surface area (Å²) in [5.74, 6) is -1.53. The van der Waals surface area contributed by atoms with E-state index in [-0.39, 0.29) is 29.3 Å². The van der Waals surface area contributed by atoms with Gasteiger partial charge in [-0.15, -0.1) is 0 Å². The number of carbonyl (C=O) groups excluding carboxylic acids is 2. The van der Waals surface area contributed by atoms with Gasteiger partial charge in [-0.1, -0.05) is 24.6 Å². The van der Waals surface area contributed by atoms with Crippen molar-refractivity contribution >= 4 is 17.5 Å². The number of alkyl halides is 3. The van der Waals surface area contributed by atoms with Crippen molar-refractivity contribution in [3.8, 4) is 0 Å². The van der Waals surface area contributed by atoms with Crippen LogP contribution in [0.4, 0.5) is 18.9 Å². The summed E-state index contributed by atoms with van der Waals surface area (Å²) in [7, 11) is 0. The minimum absolute atomic E-state index is 0.0148. The zero-order valence-electron chi connectivity index (χ0n) is 12.8. The number of nitrogens with zero attached hydrogens (tertiary/aromatic N) is 1. The van der Waals surface area contributed by atoms with Crippen LogP contribution in [0.25, 0.3) is 0 Å². The van der Waals surface area contributed by atoms with Crippen molar-refractivity contribution in [1.29, 1.82) is 0 Å². The van der Waals surface area contributed by atoms with Crippen LogP contribution >= 0.6 is 0 Å². The normalized spacial score (nSPS) is 32.2. The lowest BCUT2D eigenvalue weighted by molar-refractivity contribution is -0.137. The van der Waals surface area contributed by atoms with Crippen LogP contribution in [0.1, 0.15) is 24.8 Å². The van der Waals surface area contributed by atoms with E-state index < -0.39 is 23.6 Å². The van der Waals surface area contributed by atoms with Crippen LogP contribution in [0, 0.1) is 23.7 Å². The summed E-state index contributed by atoms with van der Waals surface area (Å²) in [6.07, 6.45) is 2.19. The zero-order valence-corrected chi connectivity index (χ0v) is 12.8. The molecule has 0 spiro atoms. The summed E-state index contributed by atoms with van der Waals surface area (Å²) in [4.78, 5) is 26.7. The third kappa shape index (κ3) is 2.19. The van der Waals surface area contributed by atoms with Crippen molar-refractivity contribution in [2.24, 2.45) is 23.7 Å². The lowest BCUT2D eigenvalue weighted by Gasteiger charge is -2.27. The Bertz CT molecular complexity index is 708. The first kappa shape index (κ1) is 15.4. The molecule has 24 heavy (non-hydrogen) atoms. The van der Waals surface area contributed by atoms with Crippen LogP contribution < -0.4 is 4.90 Å². The second kappa shape index (κ2) is 5.19. The van der Waals surface area contributed by atoms with E-state index in [1.165, 1.54) is 12.1 Å². The molecule has 3 aliphatic carbocycles. The Morgan fingerprint density at radius 3 is 2.08 bits per heavy atom. The minimum atomic E-state index is -4.51. The topological polar surface area (TPSA) is 37.4 Å². The third-order valence-electron chi connectivity index (χ3n) is 5.43. The molecular formula is C18H16F3NO2. The van der Waals surface area contributed by atoms with Crippen molar-refractivity contribution in [2.45, 2.75) is 25.4 Å². The molecule has 6 heteroatoms. The molecule has 1 saturated heterocycles. The number of rotatable bonds is 1. The zero-order chi connectivity index (χ0) is 17.1. The fourth-order valence-electron chi connectivity index (χ4n) is 4.35. The second-order valence-electron chi connectivity index (χ2n) is 6.76. The Labute approximate surface area is 137 Å². The number of benzene rings is 1. The van der Waals surface area contributed by atoms with Gasteiger partial charge in [0, 0.05) is 0 Å². The molecule has 1 saturated carbocycles. The van der Waals surface area contributed by atoms with E-state index in [2.05, 4.69) is 0 Å². The summed E-state index contributed by atoms with van der Waals surface area (Å²) in [6, 6.07) is 4.46. The average molecular weight is 335 g/mol. The highest BCUT2D eigenvalue weighted by atomic mass is 19.4. The first-order chi connectivity index (χ1) is 11.4. The number of hydrogen-bond donors (Lipinski definition) is 0. The molecular weight excluding hydrogens is 319 g/mol. The number of fused-ring (bicyclic) bond motifs is 2. The molecule has 0 aromatic heterocycles. The van der Waals surface area contributed by atoms with E-state index in [9.17, 15) is 22.8 Å². The van der Waals surface area contributed by atoms with Crippen LogP contribution in [0.2, 0.25) is 0 Å². The molecule has 0 radical (unpaired) electrons. The summed E-state index contributed by atoms with van der Waals surface area (Å²) in [5.41, 5.74) is -0.832. The first-order valence-electron chi connectivity index (χ1n) is 8.11. The molecule has 4 aliphatic rings. The lowest BCUT2D eigenvalue weighted by atomic mass is 9.73. The van der Waals surface area contributed by atoms with Gasteiger partial charge < -0.3 is 0 Å². The standard InChI is InChI=1S/C18H16F3NO2/c19-18(20,21)12-5-2-6-13(9-12)22-16(23)14-10-3-1-4-11(8-7-10)15(14)17(22)24/h2,5-11,14-15H,1,3-4H2. The van der Waals surface area contributed by atoms with E-state index in [4.69, 9.17) is 0 Å². The average Bonchev–Trinajstić information content (AvgIpc) is 2.74. The van der Waals surface area contributed by atoms with Gasteiger partial charge in [0.1, 0.15) is 0 Å². The quantitative estimate of drug-likeness (QED) is 0.578. The van der Waals surface area contributed by atoms with Crippen LogP contribution in [0.3, 0.4) is 0 Å². The van der Waals surface area contributed by atoms with Crippen LogP contribution in [-0.4, -0.2) is 11.8 Å². The van der Waals surface area contributed by atoms with Gasteiger partial charge in [0.2, 0.25) is 11.8 Å². The molecule has 0 N–H and O–H groups in total. The summed E-state index contributed by atoms with van der Waals surface area (Å²) < 4.78 is 38.8. The SMILES string of the molecule is O=C1C2C3C=CC(CCC3)C2C(=O)N1c1cccc(C(F)(F)F)c1. The van der Waals surface area contributed by atoms with Gasteiger partial charge in [0.25, 0.3) is 0 Å². The van der Waals surface area contributed by atoms with E-state index in [0.29, 0.717) is 0 Å². The number of halogens is 3. The maximum Gasteiger partial charge on any atom is 0.416 e. The maximum absolute atomic E-state index is 12.9. The van der Waals surface area contributed by atoms with E-state index in [1.54, 1.807) is 0 Å². The van der Waals surface area contributed by atoms with Crippen LogP contribution in [0.5, 0.6) is 0 Å². The summed E-state index contributed by atoms with van der Waals surface area (Å²) >= 11 is 0. The van der Waals surface area contributed by atoms with Crippen molar-refractivity contribution in [2.75, 3.05) is 4.90 Å². The molecule has 4 unspecified atom stereocenters. The smallest absolute Gasteiger partial charge is 0.274 e. The number of imide groups is 1. The molecule has 2 amide bonds. The summed E-state index contributed by atoms with van der Waals surface area (Å²) in [5, 5.41) is 0. The maximum atomic E-state index is 12.9. The molecule has 1 aromatic carbocycles. The number of anilines is 1. The Kier molecular flexibility index (Phi) is 3.34. The number of hydrogen-bond acceptors (Lipinski definition) is 2. The predicted octanol–water partition coefficient (Wildman–Crippen LogP) is 3.80. The highest BCUT2D eigenvalue weighted by molar-refractivity contribution is 6.22.